The highest BCUT2D eigenvalue weighted by molar-refractivity contribution is 7.80. The van der Waals surface area contributed by atoms with Crippen LogP contribution in [0, 0.1) is 11.8 Å². The van der Waals surface area contributed by atoms with Gasteiger partial charge < -0.3 is 5.11 Å². The topological polar surface area (TPSA) is 37.3 Å². The van der Waals surface area contributed by atoms with E-state index in [1.54, 1.807) is 0 Å². The van der Waals surface area contributed by atoms with Crippen molar-refractivity contribution in [3.8, 4) is 0 Å². The first-order chi connectivity index (χ1) is 7.74. The lowest BCUT2D eigenvalue weighted by Crippen LogP contribution is -2.19. The first kappa shape index (κ1) is 13.9. The van der Waals surface area contributed by atoms with Crippen molar-refractivity contribution in [2.45, 2.75) is 57.8 Å². The van der Waals surface area contributed by atoms with Gasteiger partial charge in [0.15, 0.2) is 0 Å². The second-order valence-electron chi connectivity index (χ2n) is 5.02. The summed E-state index contributed by atoms with van der Waals surface area (Å²) in [4.78, 5) is 11.0. The van der Waals surface area contributed by atoms with Crippen LogP contribution in [0.25, 0.3) is 0 Å². The van der Waals surface area contributed by atoms with E-state index in [2.05, 4.69) is 12.6 Å². The molecule has 1 aliphatic rings. The molecule has 0 heterocycles. The average Bonchev–Trinajstić information content (AvgIpc) is 2.39. The number of aliphatic carboxylic acids is 1. The van der Waals surface area contributed by atoms with E-state index in [0.717, 1.165) is 6.42 Å². The van der Waals surface area contributed by atoms with Crippen molar-refractivity contribution in [1.82, 2.24) is 0 Å². The van der Waals surface area contributed by atoms with Crippen LogP contribution >= 0.6 is 12.6 Å². The number of hydrogen-bond acceptors (Lipinski definition) is 2. The van der Waals surface area contributed by atoms with Crippen LogP contribution in [0.2, 0.25) is 0 Å². The molecule has 1 aliphatic carbocycles. The van der Waals surface area contributed by atoms with Crippen LogP contribution in [0.4, 0.5) is 0 Å². The summed E-state index contributed by atoms with van der Waals surface area (Å²) in [5, 5.41) is 9.04. The van der Waals surface area contributed by atoms with Crippen LogP contribution < -0.4 is 0 Å². The molecule has 1 unspecified atom stereocenters. The van der Waals surface area contributed by atoms with E-state index in [-0.39, 0.29) is 5.92 Å². The number of thiol groups is 1. The molecule has 1 saturated carbocycles. The van der Waals surface area contributed by atoms with E-state index in [1.807, 2.05) is 0 Å². The molecule has 0 aliphatic heterocycles. The Bertz CT molecular complexity index is 196. The monoisotopic (exact) mass is 244 g/mol. The Morgan fingerprint density at radius 1 is 1.12 bits per heavy atom. The summed E-state index contributed by atoms with van der Waals surface area (Å²) in [5.74, 6) is 0.182. The molecule has 0 amide bonds. The average molecular weight is 244 g/mol. The Kier molecular flexibility index (Phi) is 6.93. The molecular formula is C13H24O2S. The quantitative estimate of drug-likeness (QED) is 0.739. The largest absolute Gasteiger partial charge is 0.481 e. The van der Waals surface area contributed by atoms with Crippen LogP contribution in [-0.2, 0) is 4.79 Å². The highest BCUT2D eigenvalue weighted by Gasteiger charge is 2.21. The lowest BCUT2D eigenvalue weighted by molar-refractivity contribution is -0.141. The van der Waals surface area contributed by atoms with Gasteiger partial charge in [-0.05, 0) is 12.3 Å². The minimum absolute atomic E-state index is 0.242. The molecule has 0 radical (unpaired) electrons. The third-order valence-corrected chi connectivity index (χ3v) is 4.10. The van der Waals surface area contributed by atoms with E-state index >= 15 is 0 Å². The smallest absolute Gasteiger partial charge is 0.307 e. The minimum atomic E-state index is -0.671. The van der Waals surface area contributed by atoms with Gasteiger partial charge in [-0.15, -0.1) is 0 Å². The van der Waals surface area contributed by atoms with E-state index in [0.29, 0.717) is 11.7 Å². The highest BCUT2D eigenvalue weighted by Crippen LogP contribution is 2.27. The molecule has 1 N–H and O–H groups in total. The molecule has 1 atom stereocenters. The van der Waals surface area contributed by atoms with Crippen molar-refractivity contribution in [2.75, 3.05) is 5.75 Å². The summed E-state index contributed by atoms with van der Waals surface area (Å²) in [6.45, 7) is 0. The first-order valence-corrected chi connectivity index (χ1v) is 7.21. The Morgan fingerprint density at radius 3 is 2.06 bits per heavy atom. The molecule has 94 valence electrons. The third-order valence-electron chi connectivity index (χ3n) is 3.66. The maximum atomic E-state index is 11.0. The molecule has 0 aromatic carbocycles. The fourth-order valence-electron chi connectivity index (χ4n) is 2.61. The van der Waals surface area contributed by atoms with E-state index in [9.17, 15) is 4.79 Å². The SMILES string of the molecule is O=C(O)C(CS)CC1CCCCCCCC1. The summed E-state index contributed by atoms with van der Waals surface area (Å²) in [6, 6.07) is 0. The van der Waals surface area contributed by atoms with Gasteiger partial charge in [0.05, 0.1) is 5.92 Å². The van der Waals surface area contributed by atoms with Crippen LogP contribution in [0.15, 0.2) is 0 Å². The Balaban J connectivity index is 2.38. The number of rotatable bonds is 4. The highest BCUT2D eigenvalue weighted by atomic mass is 32.1. The van der Waals surface area contributed by atoms with Crippen LogP contribution in [0.1, 0.15) is 57.8 Å². The number of carboxylic acids is 1. The Morgan fingerprint density at radius 2 is 1.62 bits per heavy atom. The molecule has 0 bridgehead atoms. The number of carboxylic acid groups (broad SMARTS) is 1. The molecule has 0 aromatic rings. The Labute approximate surface area is 104 Å². The van der Waals surface area contributed by atoms with Gasteiger partial charge in [0, 0.05) is 5.75 Å². The zero-order valence-corrected chi connectivity index (χ0v) is 10.9. The maximum Gasteiger partial charge on any atom is 0.307 e. The maximum absolute atomic E-state index is 11.0. The summed E-state index contributed by atoms with van der Waals surface area (Å²) in [6.07, 6.45) is 11.2. The molecule has 16 heavy (non-hydrogen) atoms. The second kappa shape index (κ2) is 7.99. The first-order valence-electron chi connectivity index (χ1n) is 6.57. The predicted molar refractivity (Wildman–Crippen MR) is 70.0 cm³/mol. The van der Waals surface area contributed by atoms with Crippen molar-refractivity contribution in [2.24, 2.45) is 11.8 Å². The minimum Gasteiger partial charge on any atom is -0.481 e. The second-order valence-corrected chi connectivity index (χ2v) is 5.38. The van der Waals surface area contributed by atoms with Gasteiger partial charge in [-0.2, -0.15) is 12.6 Å². The summed E-state index contributed by atoms with van der Waals surface area (Å²) in [7, 11) is 0. The van der Waals surface area contributed by atoms with Crippen molar-refractivity contribution in [3.05, 3.63) is 0 Å². The van der Waals surface area contributed by atoms with Crippen molar-refractivity contribution in [3.63, 3.8) is 0 Å². The predicted octanol–water partition coefficient (Wildman–Crippen LogP) is 3.76. The van der Waals surface area contributed by atoms with Crippen LogP contribution in [-0.4, -0.2) is 16.8 Å². The zero-order chi connectivity index (χ0) is 11.8. The van der Waals surface area contributed by atoms with Crippen LogP contribution in [0.3, 0.4) is 0 Å². The van der Waals surface area contributed by atoms with Gasteiger partial charge in [-0.25, -0.2) is 0 Å². The molecule has 3 heteroatoms. The van der Waals surface area contributed by atoms with Crippen molar-refractivity contribution >= 4 is 18.6 Å². The molecule has 2 nitrogen and oxygen atoms in total. The zero-order valence-electron chi connectivity index (χ0n) is 10.0. The number of hydrogen-bond donors (Lipinski definition) is 2. The fourth-order valence-corrected chi connectivity index (χ4v) is 2.91. The van der Waals surface area contributed by atoms with Crippen LogP contribution in [0.5, 0.6) is 0 Å². The fraction of sp³-hybridized carbons (Fsp3) is 0.923. The molecule has 0 spiro atoms. The lowest BCUT2D eigenvalue weighted by Gasteiger charge is -2.19. The summed E-state index contributed by atoms with van der Waals surface area (Å²) < 4.78 is 0. The standard InChI is InChI=1S/C13H24O2S/c14-13(15)12(10-16)9-11-7-5-3-1-2-4-6-8-11/h11-12,16H,1-10H2,(H,14,15). The van der Waals surface area contributed by atoms with E-state index in [1.165, 1.54) is 51.4 Å². The van der Waals surface area contributed by atoms with E-state index < -0.39 is 5.97 Å². The van der Waals surface area contributed by atoms with Crippen molar-refractivity contribution < 1.29 is 9.90 Å². The summed E-state index contributed by atoms with van der Waals surface area (Å²) >= 11 is 4.14. The Hall–Kier alpha value is -0.180. The normalized spacial score (nSPS) is 21.8. The van der Waals surface area contributed by atoms with Gasteiger partial charge in [-0.3, -0.25) is 4.79 Å². The molecule has 1 fully saturated rings. The molecule has 1 rings (SSSR count). The third kappa shape index (κ3) is 5.24. The van der Waals surface area contributed by atoms with Gasteiger partial charge in [0.2, 0.25) is 0 Å². The van der Waals surface area contributed by atoms with Crippen molar-refractivity contribution in [1.29, 1.82) is 0 Å². The molecule has 0 saturated heterocycles. The van der Waals surface area contributed by atoms with E-state index in [4.69, 9.17) is 5.11 Å². The lowest BCUT2D eigenvalue weighted by atomic mass is 9.88. The molecular weight excluding hydrogens is 220 g/mol. The van der Waals surface area contributed by atoms with Gasteiger partial charge in [0.1, 0.15) is 0 Å². The number of carbonyl (C=O) groups is 1. The molecule has 0 aromatic heterocycles. The van der Waals surface area contributed by atoms with Gasteiger partial charge in [-0.1, -0.05) is 51.4 Å². The van der Waals surface area contributed by atoms with Gasteiger partial charge >= 0.3 is 5.97 Å². The van der Waals surface area contributed by atoms with Gasteiger partial charge in [0.25, 0.3) is 0 Å². The summed E-state index contributed by atoms with van der Waals surface area (Å²) in [5.41, 5.74) is 0.